The molecule has 1 aliphatic rings. The van der Waals surface area contributed by atoms with Crippen molar-refractivity contribution in [2.75, 3.05) is 33.9 Å². The topological polar surface area (TPSA) is 67.8 Å². The predicted molar refractivity (Wildman–Crippen MR) is 116 cm³/mol. The second-order valence-electron chi connectivity index (χ2n) is 6.65. The number of aliphatic imine (C=N–C) groups is 1. The summed E-state index contributed by atoms with van der Waals surface area (Å²) in [5.74, 6) is 1.47. The fraction of sp³-hybridized carbons (Fsp3) is 0.684. The molecule has 0 atom stereocenters. The Hall–Kier alpha value is -1.09. The summed E-state index contributed by atoms with van der Waals surface area (Å²) >= 11 is 0. The Balaban J connectivity index is 0.00000338. The number of halogens is 1. The van der Waals surface area contributed by atoms with E-state index in [1.807, 2.05) is 19.2 Å². The summed E-state index contributed by atoms with van der Waals surface area (Å²) in [6.45, 7) is 4.93. The third-order valence-electron chi connectivity index (χ3n) is 5.09. The third kappa shape index (κ3) is 6.90. The molecule has 0 aromatic carbocycles. The van der Waals surface area contributed by atoms with Crippen LogP contribution in [0.15, 0.2) is 23.3 Å². The number of guanidine groups is 1. The molecule has 148 valence electrons. The van der Waals surface area contributed by atoms with E-state index in [2.05, 4.69) is 27.5 Å². The van der Waals surface area contributed by atoms with E-state index in [9.17, 15) is 0 Å². The molecule has 1 aromatic heterocycles. The summed E-state index contributed by atoms with van der Waals surface area (Å²) < 4.78 is 10.7. The minimum Gasteiger partial charge on any atom is -0.475 e. The highest BCUT2D eigenvalue weighted by Gasteiger charge is 2.31. The van der Waals surface area contributed by atoms with Crippen molar-refractivity contribution in [3.05, 3.63) is 23.9 Å². The number of hydrogen-bond donors (Lipinski definition) is 2. The number of ether oxygens (including phenoxy) is 2. The van der Waals surface area contributed by atoms with E-state index in [0.29, 0.717) is 31.1 Å². The van der Waals surface area contributed by atoms with Gasteiger partial charge in [0.05, 0.1) is 6.61 Å². The first-order chi connectivity index (χ1) is 12.2. The molecule has 1 saturated carbocycles. The number of hydrogen-bond acceptors (Lipinski definition) is 4. The molecular weight excluding hydrogens is 443 g/mol. The maximum atomic E-state index is 5.68. The van der Waals surface area contributed by atoms with Crippen LogP contribution >= 0.6 is 24.0 Å². The number of pyridine rings is 1. The average Bonchev–Trinajstić information content (AvgIpc) is 3.12. The molecule has 0 bridgehead atoms. The van der Waals surface area contributed by atoms with Gasteiger partial charge in [0.1, 0.15) is 6.61 Å². The minimum absolute atomic E-state index is 0. The fourth-order valence-electron chi connectivity index (χ4n) is 3.36. The summed E-state index contributed by atoms with van der Waals surface area (Å²) in [5, 5.41) is 6.87. The standard InChI is InChI=1S/C19H32N4O2.HI/c1-4-19(9-5-6-10-19)15-23-18(20-2)22-14-16-8-7-11-21-17(16)25-13-12-24-3;/h7-8,11H,4-6,9-10,12-15H2,1-3H3,(H2,20,22,23);1H. The Morgan fingerprint density at radius 2 is 2.04 bits per heavy atom. The quantitative estimate of drug-likeness (QED) is 0.248. The highest BCUT2D eigenvalue weighted by molar-refractivity contribution is 14.0. The van der Waals surface area contributed by atoms with Crippen molar-refractivity contribution in [2.45, 2.75) is 45.6 Å². The first-order valence-corrected chi connectivity index (χ1v) is 9.23. The van der Waals surface area contributed by atoms with E-state index in [4.69, 9.17) is 9.47 Å². The van der Waals surface area contributed by atoms with Gasteiger partial charge >= 0.3 is 0 Å². The fourth-order valence-corrected chi connectivity index (χ4v) is 3.36. The zero-order chi connectivity index (χ0) is 18.0. The highest BCUT2D eigenvalue weighted by Crippen LogP contribution is 2.40. The molecule has 26 heavy (non-hydrogen) atoms. The molecule has 0 saturated heterocycles. The SMILES string of the molecule is CCC1(CNC(=NC)NCc2cccnc2OCCOC)CCCC1.I. The smallest absolute Gasteiger partial charge is 0.218 e. The minimum atomic E-state index is 0. The van der Waals surface area contributed by atoms with Crippen LogP contribution in [0.2, 0.25) is 0 Å². The number of aromatic nitrogens is 1. The van der Waals surface area contributed by atoms with Crippen molar-refractivity contribution in [2.24, 2.45) is 10.4 Å². The molecular formula is C19H33IN4O2. The maximum Gasteiger partial charge on any atom is 0.218 e. The summed E-state index contributed by atoms with van der Waals surface area (Å²) in [7, 11) is 3.47. The zero-order valence-corrected chi connectivity index (χ0v) is 18.5. The maximum absolute atomic E-state index is 5.68. The van der Waals surface area contributed by atoms with Gasteiger partial charge in [0.2, 0.25) is 5.88 Å². The Morgan fingerprint density at radius 1 is 1.27 bits per heavy atom. The first-order valence-electron chi connectivity index (χ1n) is 9.23. The van der Waals surface area contributed by atoms with Gasteiger partial charge in [-0.2, -0.15) is 0 Å². The monoisotopic (exact) mass is 476 g/mol. The molecule has 0 unspecified atom stereocenters. The van der Waals surface area contributed by atoms with Crippen LogP contribution in [0.5, 0.6) is 5.88 Å². The van der Waals surface area contributed by atoms with Gasteiger partial charge in [0.25, 0.3) is 0 Å². The van der Waals surface area contributed by atoms with Crippen LogP contribution in [-0.4, -0.2) is 44.9 Å². The van der Waals surface area contributed by atoms with Crippen LogP contribution in [0.1, 0.15) is 44.6 Å². The van der Waals surface area contributed by atoms with Crippen molar-refractivity contribution >= 4 is 29.9 Å². The predicted octanol–water partition coefficient (Wildman–Crippen LogP) is 3.36. The van der Waals surface area contributed by atoms with Gasteiger partial charge in [0, 0.05) is 39.0 Å². The Kier molecular flexibility index (Phi) is 10.9. The van der Waals surface area contributed by atoms with E-state index in [1.54, 1.807) is 13.3 Å². The van der Waals surface area contributed by atoms with E-state index >= 15 is 0 Å². The molecule has 2 N–H and O–H groups in total. The molecule has 1 aliphatic carbocycles. The van der Waals surface area contributed by atoms with E-state index in [1.165, 1.54) is 32.1 Å². The van der Waals surface area contributed by atoms with Gasteiger partial charge in [0.15, 0.2) is 5.96 Å². The van der Waals surface area contributed by atoms with Crippen LogP contribution < -0.4 is 15.4 Å². The second-order valence-corrected chi connectivity index (χ2v) is 6.65. The lowest BCUT2D eigenvalue weighted by atomic mass is 9.83. The first kappa shape index (κ1) is 23.0. The molecule has 0 amide bonds. The second kappa shape index (κ2) is 12.3. The molecule has 1 heterocycles. The van der Waals surface area contributed by atoms with Crippen LogP contribution in [0, 0.1) is 5.41 Å². The van der Waals surface area contributed by atoms with Gasteiger partial charge < -0.3 is 20.1 Å². The molecule has 0 aliphatic heterocycles. The zero-order valence-electron chi connectivity index (χ0n) is 16.2. The molecule has 2 rings (SSSR count). The lowest BCUT2D eigenvalue weighted by molar-refractivity contribution is 0.143. The molecule has 0 spiro atoms. The van der Waals surface area contributed by atoms with E-state index in [0.717, 1.165) is 18.1 Å². The molecule has 0 radical (unpaired) electrons. The van der Waals surface area contributed by atoms with Gasteiger partial charge in [-0.1, -0.05) is 25.8 Å². The van der Waals surface area contributed by atoms with E-state index < -0.39 is 0 Å². The van der Waals surface area contributed by atoms with Crippen LogP contribution in [0.4, 0.5) is 0 Å². The van der Waals surface area contributed by atoms with Crippen LogP contribution in [-0.2, 0) is 11.3 Å². The normalized spacial score (nSPS) is 16.0. The lowest BCUT2D eigenvalue weighted by Crippen LogP contribution is -2.42. The van der Waals surface area contributed by atoms with Gasteiger partial charge in [-0.15, -0.1) is 24.0 Å². The molecule has 1 fully saturated rings. The van der Waals surface area contributed by atoms with Crippen molar-refractivity contribution in [1.82, 2.24) is 15.6 Å². The average molecular weight is 476 g/mol. The van der Waals surface area contributed by atoms with E-state index in [-0.39, 0.29) is 24.0 Å². The van der Waals surface area contributed by atoms with Crippen molar-refractivity contribution in [3.63, 3.8) is 0 Å². The van der Waals surface area contributed by atoms with Gasteiger partial charge in [-0.3, -0.25) is 4.99 Å². The van der Waals surface area contributed by atoms with Crippen LogP contribution in [0.3, 0.4) is 0 Å². The lowest BCUT2D eigenvalue weighted by Gasteiger charge is -2.28. The number of rotatable bonds is 9. The Morgan fingerprint density at radius 3 is 2.69 bits per heavy atom. The molecule has 7 heteroatoms. The highest BCUT2D eigenvalue weighted by atomic mass is 127. The summed E-state index contributed by atoms with van der Waals surface area (Å²) in [5.41, 5.74) is 1.44. The van der Waals surface area contributed by atoms with Crippen molar-refractivity contribution < 1.29 is 9.47 Å². The van der Waals surface area contributed by atoms with Crippen molar-refractivity contribution in [1.29, 1.82) is 0 Å². The van der Waals surface area contributed by atoms with Gasteiger partial charge in [-0.05, 0) is 30.7 Å². The van der Waals surface area contributed by atoms with Gasteiger partial charge in [-0.25, -0.2) is 4.98 Å². The van der Waals surface area contributed by atoms with Crippen molar-refractivity contribution in [3.8, 4) is 5.88 Å². The Labute approximate surface area is 174 Å². The number of nitrogens with zero attached hydrogens (tertiary/aromatic N) is 2. The molecule has 6 nitrogen and oxygen atoms in total. The number of nitrogens with one attached hydrogen (secondary N) is 2. The summed E-state index contributed by atoms with van der Waals surface area (Å²) in [6, 6.07) is 3.93. The summed E-state index contributed by atoms with van der Waals surface area (Å²) in [6.07, 6.45) is 8.28. The molecule has 1 aromatic rings. The third-order valence-corrected chi connectivity index (χ3v) is 5.09. The Bertz CT molecular complexity index is 548. The summed E-state index contributed by atoms with van der Waals surface area (Å²) in [4.78, 5) is 8.66. The van der Waals surface area contributed by atoms with Crippen LogP contribution in [0.25, 0.3) is 0 Å². The largest absolute Gasteiger partial charge is 0.475 e. The number of methoxy groups -OCH3 is 1.